The van der Waals surface area contributed by atoms with Crippen molar-refractivity contribution in [3.05, 3.63) is 0 Å². The van der Waals surface area contributed by atoms with Gasteiger partial charge in [0.15, 0.2) is 0 Å². The first-order valence-corrected chi connectivity index (χ1v) is 4.02. The first-order chi connectivity index (χ1) is 5.10. The third-order valence-electron chi connectivity index (χ3n) is 2.33. The number of nitrogens with two attached hydrogens (primary N) is 1. The zero-order valence-corrected chi connectivity index (χ0v) is 7.09. The van der Waals surface area contributed by atoms with Crippen molar-refractivity contribution in [1.82, 2.24) is 0 Å². The van der Waals surface area contributed by atoms with E-state index in [9.17, 15) is 4.79 Å². The van der Waals surface area contributed by atoms with Crippen LogP contribution >= 0.6 is 0 Å². The van der Waals surface area contributed by atoms with Gasteiger partial charge in [0.25, 0.3) is 0 Å². The molecule has 0 aromatic heterocycles. The maximum Gasteiger partial charge on any atom is 0.323 e. The zero-order valence-electron chi connectivity index (χ0n) is 7.09. The molecule has 0 saturated heterocycles. The van der Waals surface area contributed by atoms with Gasteiger partial charge >= 0.3 is 5.97 Å². The molecule has 0 amide bonds. The van der Waals surface area contributed by atoms with E-state index >= 15 is 0 Å². The van der Waals surface area contributed by atoms with Crippen LogP contribution in [0.1, 0.15) is 26.7 Å². The molecule has 11 heavy (non-hydrogen) atoms. The summed E-state index contributed by atoms with van der Waals surface area (Å²) >= 11 is 0. The van der Waals surface area contributed by atoms with Crippen molar-refractivity contribution in [2.75, 3.05) is 6.61 Å². The average Bonchev–Trinajstić information content (AvgIpc) is 2.68. The first kappa shape index (κ1) is 8.53. The maximum absolute atomic E-state index is 11.1. The van der Waals surface area contributed by atoms with E-state index in [2.05, 4.69) is 0 Å². The lowest BCUT2D eigenvalue weighted by atomic mass is 10.0. The number of hydrogen-bond donors (Lipinski definition) is 1. The molecule has 1 aliphatic carbocycles. The predicted molar refractivity (Wildman–Crippen MR) is 41.9 cm³/mol. The van der Waals surface area contributed by atoms with Crippen LogP contribution in [0.25, 0.3) is 0 Å². The lowest BCUT2D eigenvalue weighted by Gasteiger charge is -2.16. The standard InChI is InChI=1S/C8H15NO2/c1-3-11-7(10)6(9)8(2)4-5-8/h6H,3-5,9H2,1-2H3. The van der Waals surface area contributed by atoms with Gasteiger partial charge in [-0.15, -0.1) is 0 Å². The molecular formula is C8H15NO2. The van der Waals surface area contributed by atoms with E-state index in [1.165, 1.54) is 0 Å². The van der Waals surface area contributed by atoms with Crippen LogP contribution in [0, 0.1) is 5.41 Å². The number of rotatable bonds is 3. The Labute approximate surface area is 66.9 Å². The van der Waals surface area contributed by atoms with Gasteiger partial charge in [-0.1, -0.05) is 6.92 Å². The summed E-state index contributed by atoms with van der Waals surface area (Å²) in [6.07, 6.45) is 2.10. The molecule has 0 spiro atoms. The van der Waals surface area contributed by atoms with Crippen molar-refractivity contribution in [3.63, 3.8) is 0 Å². The molecule has 3 heteroatoms. The largest absolute Gasteiger partial charge is 0.465 e. The summed E-state index contributed by atoms with van der Waals surface area (Å²) in [4.78, 5) is 11.1. The number of esters is 1. The molecule has 64 valence electrons. The van der Waals surface area contributed by atoms with E-state index < -0.39 is 6.04 Å². The van der Waals surface area contributed by atoms with Crippen LogP contribution in [0.4, 0.5) is 0 Å². The third kappa shape index (κ3) is 1.71. The number of ether oxygens (including phenoxy) is 1. The molecule has 1 aliphatic rings. The predicted octanol–water partition coefficient (Wildman–Crippen LogP) is 0.677. The highest BCUT2D eigenvalue weighted by molar-refractivity contribution is 5.77. The topological polar surface area (TPSA) is 52.3 Å². The van der Waals surface area contributed by atoms with Gasteiger partial charge in [-0.3, -0.25) is 4.79 Å². The summed E-state index contributed by atoms with van der Waals surface area (Å²) < 4.78 is 4.81. The number of hydrogen-bond acceptors (Lipinski definition) is 3. The van der Waals surface area contributed by atoms with E-state index in [1.54, 1.807) is 6.92 Å². The Bertz CT molecular complexity index is 163. The van der Waals surface area contributed by atoms with Gasteiger partial charge in [-0.2, -0.15) is 0 Å². The van der Waals surface area contributed by atoms with Gasteiger partial charge < -0.3 is 10.5 Å². The monoisotopic (exact) mass is 157 g/mol. The van der Waals surface area contributed by atoms with Crippen molar-refractivity contribution in [2.24, 2.45) is 11.1 Å². The molecule has 1 saturated carbocycles. The van der Waals surface area contributed by atoms with E-state index in [-0.39, 0.29) is 11.4 Å². The molecule has 0 radical (unpaired) electrons. The summed E-state index contributed by atoms with van der Waals surface area (Å²) in [5, 5.41) is 0. The second-order valence-electron chi connectivity index (χ2n) is 3.38. The Hall–Kier alpha value is -0.570. The Kier molecular flexibility index (Phi) is 2.18. The molecule has 1 unspecified atom stereocenters. The molecule has 2 N–H and O–H groups in total. The molecule has 1 atom stereocenters. The van der Waals surface area contributed by atoms with Crippen molar-refractivity contribution in [3.8, 4) is 0 Å². The second-order valence-corrected chi connectivity index (χ2v) is 3.38. The summed E-state index contributed by atoms with van der Waals surface area (Å²) in [7, 11) is 0. The van der Waals surface area contributed by atoms with Crippen LogP contribution in [0.2, 0.25) is 0 Å². The minimum absolute atomic E-state index is 0.0340. The molecule has 0 bridgehead atoms. The van der Waals surface area contributed by atoms with Crippen molar-refractivity contribution in [2.45, 2.75) is 32.7 Å². The van der Waals surface area contributed by atoms with E-state index in [4.69, 9.17) is 10.5 Å². The minimum atomic E-state index is -0.414. The fourth-order valence-electron chi connectivity index (χ4n) is 1.02. The highest BCUT2D eigenvalue weighted by atomic mass is 16.5. The normalized spacial score (nSPS) is 22.5. The Morgan fingerprint density at radius 3 is 2.64 bits per heavy atom. The van der Waals surface area contributed by atoms with Crippen LogP contribution in [0.3, 0.4) is 0 Å². The summed E-state index contributed by atoms with van der Waals surface area (Å²) in [5.41, 5.74) is 5.70. The molecule has 3 nitrogen and oxygen atoms in total. The third-order valence-corrected chi connectivity index (χ3v) is 2.33. The maximum atomic E-state index is 11.1. The zero-order chi connectivity index (χ0) is 8.48. The fourth-order valence-corrected chi connectivity index (χ4v) is 1.02. The van der Waals surface area contributed by atoms with E-state index in [0.29, 0.717) is 6.61 Å². The van der Waals surface area contributed by atoms with Crippen LogP contribution < -0.4 is 5.73 Å². The number of carbonyl (C=O) groups is 1. The van der Waals surface area contributed by atoms with Crippen LogP contribution in [0.15, 0.2) is 0 Å². The van der Waals surface area contributed by atoms with Gasteiger partial charge in [0, 0.05) is 0 Å². The van der Waals surface area contributed by atoms with Crippen molar-refractivity contribution in [1.29, 1.82) is 0 Å². The van der Waals surface area contributed by atoms with Gasteiger partial charge in [0.05, 0.1) is 6.61 Å². The molecular weight excluding hydrogens is 142 g/mol. The highest BCUT2D eigenvalue weighted by Crippen LogP contribution is 2.47. The van der Waals surface area contributed by atoms with E-state index in [1.807, 2.05) is 6.92 Å². The second kappa shape index (κ2) is 2.81. The van der Waals surface area contributed by atoms with Gasteiger partial charge in [-0.05, 0) is 25.2 Å². The summed E-state index contributed by atoms with van der Waals surface area (Å²) in [6.45, 7) is 4.23. The van der Waals surface area contributed by atoms with Gasteiger partial charge in [0.1, 0.15) is 6.04 Å². The van der Waals surface area contributed by atoms with Crippen molar-refractivity contribution < 1.29 is 9.53 Å². The first-order valence-electron chi connectivity index (χ1n) is 4.02. The smallest absolute Gasteiger partial charge is 0.323 e. The van der Waals surface area contributed by atoms with Gasteiger partial charge in [-0.25, -0.2) is 0 Å². The summed E-state index contributed by atoms with van der Waals surface area (Å²) in [6, 6.07) is -0.414. The van der Waals surface area contributed by atoms with Crippen LogP contribution in [-0.2, 0) is 9.53 Å². The molecule has 0 aromatic rings. The van der Waals surface area contributed by atoms with Crippen molar-refractivity contribution >= 4 is 5.97 Å². The fraction of sp³-hybridized carbons (Fsp3) is 0.875. The Balaban J connectivity index is 2.40. The highest BCUT2D eigenvalue weighted by Gasteiger charge is 2.47. The molecule has 1 rings (SSSR count). The molecule has 1 fully saturated rings. The Morgan fingerprint density at radius 1 is 1.73 bits per heavy atom. The Morgan fingerprint density at radius 2 is 2.27 bits per heavy atom. The molecule has 0 heterocycles. The lowest BCUT2D eigenvalue weighted by Crippen LogP contribution is -2.39. The quantitative estimate of drug-likeness (QED) is 0.613. The summed E-state index contributed by atoms with van der Waals surface area (Å²) in [5.74, 6) is -0.257. The van der Waals surface area contributed by atoms with Crippen LogP contribution in [-0.4, -0.2) is 18.6 Å². The van der Waals surface area contributed by atoms with Crippen LogP contribution in [0.5, 0.6) is 0 Å². The van der Waals surface area contributed by atoms with Gasteiger partial charge in [0.2, 0.25) is 0 Å². The number of carbonyl (C=O) groups excluding carboxylic acids is 1. The lowest BCUT2D eigenvalue weighted by molar-refractivity contribution is -0.146. The SMILES string of the molecule is CCOC(=O)C(N)C1(C)CC1. The average molecular weight is 157 g/mol. The molecule has 0 aliphatic heterocycles. The van der Waals surface area contributed by atoms with E-state index in [0.717, 1.165) is 12.8 Å². The minimum Gasteiger partial charge on any atom is -0.465 e. The molecule has 0 aromatic carbocycles.